The number of halogens is 1. The van der Waals surface area contributed by atoms with Gasteiger partial charge in [0.15, 0.2) is 5.76 Å². The number of nitrogens with one attached hydrogen (secondary N) is 1. The molecule has 2 rings (SSSR count). The summed E-state index contributed by atoms with van der Waals surface area (Å²) in [6.07, 6.45) is 2.63. The van der Waals surface area contributed by atoms with Crippen LogP contribution in [-0.2, 0) is 0 Å². The summed E-state index contributed by atoms with van der Waals surface area (Å²) in [6.45, 7) is 0. The number of rotatable bonds is 4. The Bertz CT molecular complexity index is 667. The van der Waals surface area contributed by atoms with Crippen LogP contribution in [0.1, 0.15) is 16.1 Å². The largest absolute Gasteiger partial charge is 0.459 e. The highest BCUT2D eigenvalue weighted by molar-refractivity contribution is 6.32. The number of nitrogens with zero attached hydrogens (tertiary/aromatic N) is 2. The third-order valence-corrected chi connectivity index (χ3v) is 2.61. The van der Waals surface area contributed by atoms with Crippen LogP contribution in [0.2, 0.25) is 5.02 Å². The van der Waals surface area contributed by atoms with Gasteiger partial charge in [-0.15, -0.1) is 0 Å². The SMILES string of the molecule is O=C(N/N=C\c1ccc(Cl)c([N+](=O)[O-])c1)c1ccco1. The summed E-state index contributed by atoms with van der Waals surface area (Å²) in [5.74, 6) is -0.404. The maximum atomic E-state index is 11.5. The van der Waals surface area contributed by atoms with Crippen LogP contribution in [-0.4, -0.2) is 17.0 Å². The first-order chi connectivity index (χ1) is 9.58. The highest BCUT2D eigenvalue weighted by Gasteiger charge is 2.12. The standard InChI is InChI=1S/C12H8ClN3O4/c13-9-4-3-8(6-10(9)16(18)19)7-14-15-12(17)11-2-1-5-20-11/h1-7H,(H,15,17)/b14-7-. The van der Waals surface area contributed by atoms with Gasteiger partial charge in [-0.2, -0.15) is 5.10 Å². The van der Waals surface area contributed by atoms with Crippen LogP contribution in [0.25, 0.3) is 0 Å². The summed E-state index contributed by atoms with van der Waals surface area (Å²) in [5, 5.41) is 14.4. The molecule has 20 heavy (non-hydrogen) atoms. The summed E-state index contributed by atoms with van der Waals surface area (Å²) < 4.78 is 4.87. The number of carbonyl (C=O) groups is 1. The minimum absolute atomic E-state index is 0.0340. The molecule has 0 bridgehead atoms. The molecule has 0 spiro atoms. The van der Waals surface area contributed by atoms with Crippen LogP contribution in [0.5, 0.6) is 0 Å². The molecule has 102 valence electrons. The van der Waals surface area contributed by atoms with E-state index >= 15 is 0 Å². The molecule has 1 aromatic heterocycles. The molecule has 0 aliphatic rings. The second-order valence-corrected chi connectivity index (χ2v) is 4.05. The van der Waals surface area contributed by atoms with Crippen molar-refractivity contribution < 1.29 is 14.1 Å². The van der Waals surface area contributed by atoms with Crippen molar-refractivity contribution in [2.45, 2.75) is 0 Å². The van der Waals surface area contributed by atoms with Crippen LogP contribution < -0.4 is 5.43 Å². The minimum Gasteiger partial charge on any atom is -0.459 e. The van der Waals surface area contributed by atoms with Gasteiger partial charge in [-0.3, -0.25) is 14.9 Å². The number of hydrogen-bond donors (Lipinski definition) is 1. The first kappa shape index (κ1) is 13.8. The van der Waals surface area contributed by atoms with Crippen molar-refractivity contribution >= 4 is 29.4 Å². The lowest BCUT2D eigenvalue weighted by atomic mass is 10.2. The van der Waals surface area contributed by atoms with E-state index in [9.17, 15) is 14.9 Å². The molecule has 0 aliphatic heterocycles. The predicted octanol–water partition coefficient (Wildman–Crippen LogP) is 2.61. The number of hydrazone groups is 1. The van der Waals surface area contributed by atoms with Gasteiger partial charge < -0.3 is 4.42 Å². The fraction of sp³-hybridized carbons (Fsp3) is 0. The number of hydrogen-bond acceptors (Lipinski definition) is 5. The average molecular weight is 294 g/mol. The lowest BCUT2D eigenvalue weighted by molar-refractivity contribution is -0.384. The lowest BCUT2D eigenvalue weighted by Gasteiger charge is -1.97. The quantitative estimate of drug-likeness (QED) is 0.532. The number of nitro benzene ring substituents is 1. The molecule has 0 unspecified atom stereocenters. The van der Waals surface area contributed by atoms with Gasteiger partial charge in [0.2, 0.25) is 0 Å². The maximum Gasteiger partial charge on any atom is 0.307 e. The molecule has 2 aromatic rings. The van der Waals surface area contributed by atoms with Crippen LogP contribution in [0.15, 0.2) is 46.1 Å². The Kier molecular flexibility index (Phi) is 4.11. The van der Waals surface area contributed by atoms with Crippen LogP contribution in [0, 0.1) is 10.1 Å². The van der Waals surface area contributed by atoms with E-state index in [1.54, 1.807) is 6.07 Å². The first-order valence-corrected chi connectivity index (χ1v) is 5.76. The van der Waals surface area contributed by atoms with Gasteiger partial charge in [0.1, 0.15) is 5.02 Å². The number of nitro groups is 1. The first-order valence-electron chi connectivity index (χ1n) is 5.39. The van der Waals surface area contributed by atoms with Crippen molar-refractivity contribution in [3.63, 3.8) is 0 Å². The molecule has 0 radical (unpaired) electrons. The van der Waals surface area contributed by atoms with Gasteiger partial charge in [0.25, 0.3) is 5.69 Å². The summed E-state index contributed by atoms with van der Waals surface area (Å²) >= 11 is 5.67. The summed E-state index contributed by atoms with van der Waals surface area (Å²) in [5.41, 5.74) is 2.43. The smallest absolute Gasteiger partial charge is 0.307 e. The number of carbonyl (C=O) groups excluding carboxylic acids is 1. The third-order valence-electron chi connectivity index (χ3n) is 2.29. The number of amides is 1. The van der Waals surface area contributed by atoms with E-state index in [-0.39, 0.29) is 16.5 Å². The Labute approximate surface area is 118 Å². The Morgan fingerprint density at radius 3 is 2.90 bits per heavy atom. The summed E-state index contributed by atoms with van der Waals surface area (Å²) in [6, 6.07) is 7.23. The van der Waals surface area contributed by atoms with Crippen LogP contribution in [0.3, 0.4) is 0 Å². The van der Waals surface area contributed by atoms with E-state index in [1.165, 1.54) is 36.7 Å². The van der Waals surface area contributed by atoms with Gasteiger partial charge in [-0.25, -0.2) is 5.43 Å². The van der Waals surface area contributed by atoms with Gasteiger partial charge in [-0.1, -0.05) is 17.7 Å². The van der Waals surface area contributed by atoms with E-state index in [2.05, 4.69) is 10.5 Å². The maximum absolute atomic E-state index is 11.5. The van der Waals surface area contributed by atoms with E-state index in [4.69, 9.17) is 16.0 Å². The second-order valence-electron chi connectivity index (χ2n) is 3.64. The van der Waals surface area contributed by atoms with Gasteiger partial charge in [0.05, 0.1) is 17.4 Å². The molecular formula is C12H8ClN3O4. The molecule has 0 saturated heterocycles. The molecular weight excluding hydrogens is 286 g/mol. The van der Waals surface area contributed by atoms with E-state index in [1.807, 2.05) is 0 Å². The van der Waals surface area contributed by atoms with Gasteiger partial charge >= 0.3 is 5.91 Å². The van der Waals surface area contributed by atoms with Crippen molar-refractivity contribution in [3.05, 3.63) is 63.1 Å². The van der Waals surface area contributed by atoms with Crippen molar-refractivity contribution in [3.8, 4) is 0 Å². The normalized spacial score (nSPS) is 10.7. The van der Waals surface area contributed by atoms with Gasteiger partial charge in [0, 0.05) is 11.6 Å². The Hall–Kier alpha value is -2.67. The lowest BCUT2D eigenvalue weighted by Crippen LogP contribution is -2.16. The van der Waals surface area contributed by atoms with E-state index in [0.717, 1.165) is 0 Å². The highest BCUT2D eigenvalue weighted by Crippen LogP contribution is 2.24. The fourth-order valence-electron chi connectivity index (χ4n) is 1.38. The van der Waals surface area contributed by atoms with E-state index in [0.29, 0.717) is 5.56 Å². The summed E-state index contributed by atoms with van der Waals surface area (Å²) in [4.78, 5) is 21.6. The van der Waals surface area contributed by atoms with Crippen LogP contribution >= 0.6 is 11.6 Å². The van der Waals surface area contributed by atoms with Crippen molar-refractivity contribution in [2.24, 2.45) is 5.10 Å². The molecule has 1 N–H and O–H groups in total. The topological polar surface area (TPSA) is 97.7 Å². The molecule has 1 amide bonds. The number of benzene rings is 1. The zero-order valence-corrected chi connectivity index (χ0v) is 10.7. The predicted molar refractivity (Wildman–Crippen MR) is 71.9 cm³/mol. The zero-order valence-electron chi connectivity index (χ0n) is 9.95. The fourth-order valence-corrected chi connectivity index (χ4v) is 1.56. The molecule has 0 saturated carbocycles. The summed E-state index contributed by atoms with van der Waals surface area (Å²) in [7, 11) is 0. The molecule has 1 aromatic carbocycles. The Balaban J connectivity index is 2.07. The molecule has 8 heteroatoms. The monoisotopic (exact) mass is 293 g/mol. The minimum atomic E-state index is -0.596. The molecule has 1 heterocycles. The third kappa shape index (κ3) is 3.21. The molecule has 0 atom stereocenters. The Morgan fingerprint density at radius 1 is 1.45 bits per heavy atom. The number of furan rings is 1. The Morgan fingerprint density at radius 2 is 2.25 bits per heavy atom. The highest BCUT2D eigenvalue weighted by atomic mass is 35.5. The van der Waals surface area contributed by atoms with Gasteiger partial charge in [-0.05, 0) is 18.2 Å². The zero-order chi connectivity index (χ0) is 14.5. The second kappa shape index (κ2) is 5.98. The average Bonchev–Trinajstić information content (AvgIpc) is 2.94. The van der Waals surface area contributed by atoms with Crippen molar-refractivity contribution in [1.29, 1.82) is 0 Å². The molecule has 0 aliphatic carbocycles. The molecule has 0 fully saturated rings. The van der Waals surface area contributed by atoms with E-state index < -0.39 is 10.8 Å². The van der Waals surface area contributed by atoms with Crippen molar-refractivity contribution in [2.75, 3.05) is 0 Å². The molecule has 7 nitrogen and oxygen atoms in total. The van der Waals surface area contributed by atoms with Crippen molar-refractivity contribution in [1.82, 2.24) is 5.43 Å². The van der Waals surface area contributed by atoms with Crippen LogP contribution in [0.4, 0.5) is 5.69 Å².